The minimum absolute atomic E-state index is 0.228. The highest BCUT2D eigenvalue weighted by atomic mass is 19.4. The number of nitrogens with zero attached hydrogens (tertiary/aromatic N) is 2. The van der Waals surface area contributed by atoms with Crippen molar-refractivity contribution in [3.8, 4) is 0 Å². The number of halogens is 3. The predicted octanol–water partition coefficient (Wildman–Crippen LogP) is 4.58. The molecule has 30 heavy (non-hydrogen) atoms. The molecule has 1 aromatic carbocycles. The Morgan fingerprint density at radius 3 is 2.63 bits per heavy atom. The number of hydrogen-bond acceptors (Lipinski definition) is 3. The molecule has 0 aliphatic carbocycles. The molecule has 0 amide bonds. The van der Waals surface area contributed by atoms with Crippen LogP contribution in [0.4, 0.5) is 13.2 Å². The largest absolute Gasteiger partial charge is 0.416 e. The van der Waals surface area contributed by atoms with E-state index in [1.54, 1.807) is 12.1 Å². The Morgan fingerprint density at radius 1 is 1.20 bits per heavy atom. The number of hydrogen-bond donors (Lipinski definition) is 1. The van der Waals surface area contributed by atoms with Gasteiger partial charge in [0.1, 0.15) is 0 Å². The molecular weight excluding hydrogens is 393 g/mol. The smallest absolute Gasteiger partial charge is 0.389 e. The number of ether oxygens (including phenoxy) is 1. The molecule has 1 heterocycles. The molecule has 1 N–H and O–H groups in total. The van der Waals surface area contributed by atoms with Crippen molar-refractivity contribution in [1.29, 1.82) is 0 Å². The van der Waals surface area contributed by atoms with Crippen LogP contribution in [0.2, 0.25) is 0 Å². The highest BCUT2D eigenvalue weighted by Crippen LogP contribution is 2.29. The average molecular weight is 425 g/mol. The highest BCUT2D eigenvalue weighted by molar-refractivity contribution is 5.26. The summed E-state index contributed by atoms with van der Waals surface area (Å²) in [6.45, 7) is 10.6. The lowest BCUT2D eigenvalue weighted by atomic mass is 10.1. The summed E-state index contributed by atoms with van der Waals surface area (Å²) in [5.74, 6) is 0.401. The van der Waals surface area contributed by atoms with Gasteiger partial charge >= 0.3 is 6.18 Å². The van der Waals surface area contributed by atoms with Gasteiger partial charge in [0.25, 0.3) is 0 Å². The predicted molar refractivity (Wildman–Crippen MR) is 112 cm³/mol. The second-order valence-corrected chi connectivity index (χ2v) is 7.89. The van der Waals surface area contributed by atoms with Crippen molar-refractivity contribution < 1.29 is 23.0 Å². The monoisotopic (exact) mass is 424 g/mol. The quantitative estimate of drug-likeness (QED) is 0.400. The van der Waals surface area contributed by atoms with E-state index in [4.69, 9.17) is 4.74 Å². The van der Waals surface area contributed by atoms with Crippen molar-refractivity contribution in [1.82, 2.24) is 9.47 Å². The molecule has 166 valence electrons. The van der Waals surface area contributed by atoms with Crippen LogP contribution < -0.4 is 0 Å². The second-order valence-electron chi connectivity index (χ2n) is 7.89. The van der Waals surface area contributed by atoms with Crippen LogP contribution in [0.3, 0.4) is 0 Å². The molecule has 0 saturated heterocycles. The van der Waals surface area contributed by atoms with Crippen LogP contribution in [-0.2, 0) is 24.0 Å². The number of aromatic nitrogens is 1. The summed E-state index contributed by atoms with van der Waals surface area (Å²) in [6, 6.07) is 9.26. The molecule has 0 aliphatic rings. The van der Waals surface area contributed by atoms with Gasteiger partial charge in [-0.1, -0.05) is 32.1 Å². The molecule has 1 atom stereocenters. The zero-order valence-electron chi connectivity index (χ0n) is 17.6. The lowest BCUT2D eigenvalue weighted by Gasteiger charge is -2.27. The fourth-order valence-corrected chi connectivity index (χ4v) is 3.38. The molecule has 7 heteroatoms. The average Bonchev–Trinajstić information content (AvgIpc) is 3.07. The maximum atomic E-state index is 13.0. The first kappa shape index (κ1) is 24.2. The normalized spacial score (nSPS) is 13.2. The standard InChI is InChI=1S/C23H31F3N2O2/c1-4-11-30-17-22(29)16-27(13-18(2)3)15-21-9-6-10-28(21)14-19-7-5-8-20(12-19)23(24,25)26/h4-10,12,18,22,29H,1,11,13-17H2,2-3H3. The Hall–Kier alpha value is -2.09. The van der Waals surface area contributed by atoms with Gasteiger partial charge in [-0.15, -0.1) is 6.58 Å². The Balaban J connectivity index is 2.08. The van der Waals surface area contributed by atoms with Crippen LogP contribution in [0, 0.1) is 5.92 Å². The van der Waals surface area contributed by atoms with Crippen LogP contribution in [0.15, 0.2) is 55.3 Å². The van der Waals surface area contributed by atoms with Crippen molar-refractivity contribution in [3.63, 3.8) is 0 Å². The number of alkyl halides is 3. The Labute approximate surface area is 176 Å². The maximum Gasteiger partial charge on any atom is 0.416 e. The van der Waals surface area contributed by atoms with Crippen molar-refractivity contribution in [2.75, 3.05) is 26.3 Å². The fraction of sp³-hybridized carbons (Fsp3) is 0.478. The van der Waals surface area contributed by atoms with Crippen LogP contribution in [-0.4, -0.2) is 47.0 Å². The van der Waals surface area contributed by atoms with Gasteiger partial charge in [-0.3, -0.25) is 4.90 Å². The molecule has 2 rings (SSSR count). The van der Waals surface area contributed by atoms with Crippen LogP contribution in [0.1, 0.15) is 30.7 Å². The van der Waals surface area contributed by atoms with Crippen molar-refractivity contribution in [2.45, 2.75) is 39.2 Å². The van der Waals surface area contributed by atoms with Gasteiger partial charge in [-0.05, 0) is 35.7 Å². The summed E-state index contributed by atoms with van der Waals surface area (Å²) >= 11 is 0. The van der Waals surface area contributed by atoms with E-state index in [1.807, 2.05) is 22.9 Å². The third-order valence-electron chi connectivity index (χ3n) is 4.55. The van der Waals surface area contributed by atoms with Gasteiger partial charge in [0.15, 0.2) is 0 Å². The van der Waals surface area contributed by atoms with Crippen LogP contribution in [0.25, 0.3) is 0 Å². The summed E-state index contributed by atoms with van der Waals surface area (Å²) in [5.41, 5.74) is 0.931. The van der Waals surface area contributed by atoms with Gasteiger partial charge in [-0.25, -0.2) is 0 Å². The van der Waals surface area contributed by atoms with Gasteiger partial charge in [0.2, 0.25) is 0 Å². The zero-order valence-corrected chi connectivity index (χ0v) is 17.6. The number of aliphatic hydroxyl groups excluding tert-OH is 1. The van der Waals surface area contributed by atoms with Crippen LogP contribution >= 0.6 is 0 Å². The van der Waals surface area contributed by atoms with Crippen molar-refractivity contribution in [3.05, 3.63) is 72.1 Å². The minimum atomic E-state index is -4.35. The molecule has 4 nitrogen and oxygen atoms in total. The molecule has 0 saturated carbocycles. The van der Waals surface area contributed by atoms with E-state index in [0.29, 0.717) is 37.7 Å². The topological polar surface area (TPSA) is 37.6 Å². The first-order valence-electron chi connectivity index (χ1n) is 10.1. The first-order valence-corrected chi connectivity index (χ1v) is 10.1. The third kappa shape index (κ3) is 7.97. The molecule has 0 fully saturated rings. The van der Waals surface area contributed by atoms with E-state index < -0.39 is 17.8 Å². The Kier molecular flexibility index (Phi) is 9.14. The molecule has 0 radical (unpaired) electrons. The number of benzene rings is 1. The summed E-state index contributed by atoms with van der Waals surface area (Å²) in [5, 5.41) is 10.3. The highest BCUT2D eigenvalue weighted by Gasteiger charge is 2.30. The molecule has 0 bridgehead atoms. The second kappa shape index (κ2) is 11.3. The molecule has 1 aromatic heterocycles. The minimum Gasteiger partial charge on any atom is -0.389 e. The molecule has 1 unspecified atom stereocenters. The number of aliphatic hydroxyl groups is 1. The summed E-state index contributed by atoms with van der Waals surface area (Å²) in [6.07, 6.45) is -1.48. The molecule has 0 spiro atoms. The van der Waals surface area contributed by atoms with Gasteiger partial charge in [0, 0.05) is 38.1 Å². The fourth-order valence-electron chi connectivity index (χ4n) is 3.38. The van der Waals surface area contributed by atoms with Gasteiger partial charge in [-0.2, -0.15) is 13.2 Å². The Bertz CT molecular complexity index is 787. The first-order chi connectivity index (χ1) is 14.2. The van der Waals surface area contributed by atoms with Crippen molar-refractivity contribution in [2.24, 2.45) is 5.92 Å². The summed E-state index contributed by atoms with van der Waals surface area (Å²) in [7, 11) is 0. The summed E-state index contributed by atoms with van der Waals surface area (Å²) in [4.78, 5) is 2.14. The SMILES string of the molecule is C=CCOCC(O)CN(Cc1cccn1Cc1cccc(C(F)(F)F)c1)CC(C)C. The van der Waals surface area contributed by atoms with E-state index >= 15 is 0 Å². The third-order valence-corrected chi connectivity index (χ3v) is 4.55. The molecule has 2 aromatic rings. The lowest BCUT2D eigenvalue weighted by Crippen LogP contribution is -2.37. The zero-order chi connectivity index (χ0) is 22.1. The molecular formula is C23H31F3N2O2. The van der Waals surface area contributed by atoms with E-state index in [0.717, 1.165) is 18.3 Å². The van der Waals surface area contributed by atoms with E-state index in [9.17, 15) is 18.3 Å². The van der Waals surface area contributed by atoms with Gasteiger partial charge in [0.05, 0.1) is 24.9 Å². The van der Waals surface area contributed by atoms with E-state index in [2.05, 4.69) is 25.3 Å². The van der Waals surface area contributed by atoms with Crippen LogP contribution in [0.5, 0.6) is 0 Å². The van der Waals surface area contributed by atoms with Crippen molar-refractivity contribution >= 4 is 0 Å². The van der Waals surface area contributed by atoms with E-state index in [1.165, 1.54) is 12.1 Å². The lowest BCUT2D eigenvalue weighted by molar-refractivity contribution is -0.137. The van der Waals surface area contributed by atoms with E-state index in [-0.39, 0.29) is 6.61 Å². The summed E-state index contributed by atoms with van der Waals surface area (Å²) < 4.78 is 46.3. The maximum absolute atomic E-state index is 13.0. The Morgan fingerprint density at radius 2 is 1.97 bits per heavy atom. The number of rotatable bonds is 12. The molecule has 0 aliphatic heterocycles. The van der Waals surface area contributed by atoms with Gasteiger partial charge < -0.3 is 14.4 Å².